The third-order valence-corrected chi connectivity index (χ3v) is 4.67. The van der Waals surface area contributed by atoms with E-state index in [1.165, 1.54) is 0 Å². The van der Waals surface area contributed by atoms with E-state index < -0.39 is 32.4 Å². The maximum Gasteiger partial charge on any atom is 0.805 e. The van der Waals surface area contributed by atoms with Crippen LogP contribution in [0.5, 0.6) is 11.5 Å². The van der Waals surface area contributed by atoms with Crippen molar-refractivity contribution in [2.24, 2.45) is 0 Å². The summed E-state index contributed by atoms with van der Waals surface area (Å²) in [6.07, 6.45) is 0.809. The van der Waals surface area contributed by atoms with Crippen LogP contribution in [0.15, 0.2) is 73.8 Å². The SMILES string of the molecule is C=CC(=O)OC(C)c1ccccc1O[P+](=O)Oc1ccccc1C(C)OC(=O)C=C. The number of benzene rings is 2. The highest BCUT2D eigenvalue weighted by molar-refractivity contribution is 7.34. The third-order valence-electron chi connectivity index (χ3n) is 3.98. The van der Waals surface area contributed by atoms with Gasteiger partial charge in [-0.1, -0.05) is 49.6 Å². The molecule has 8 heteroatoms. The lowest BCUT2D eigenvalue weighted by atomic mass is 10.1. The summed E-state index contributed by atoms with van der Waals surface area (Å²) in [6, 6.07) is 13.4. The molecule has 0 fully saturated rings. The first-order valence-corrected chi connectivity index (χ1v) is 10.1. The van der Waals surface area contributed by atoms with Crippen LogP contribution in [0.3, 0.4) is 0 Å². The van der Waals surface area contributed by atoms with E-state index >= 15 is 0 Å². The smallest absolute Gasteiger partial charge is 0.454 e. The summed E-state index contributed by atoms with van der Waals surface area (Å²) in [6.45, 7) is 10.0. The van der Waals surface area contributed by atoms with Gasteiger partial charge in [-0.2, -0.15) is 0 Å². The molecule has 2 aromatic carbocycles. The molecule has 0 radical (unpaired) electrons. The van der Waals surface area contributed by atoms with E-state index in [0.29, 0.717) is 11.1 Å². The van der Waals surface area contributed by atoms with Crippen LogP contribution in [0.2, 0.25) is 0 Å². The highest BCUT2D eigenvalue weighted by Gasteiger charge is 2.30. The van der Waals surface area contributed by atoms with Gasteiger partial charge in [-0.05, 0) is 26.0 Å². The maximum absolute atomic E-state index is 12.5. The second-order valence-corrected chi connectivity index (χ2v) is 6.86. The molecule has 0 saturated heterocycles. The van der Waals surface area contributed by atoms with Crippen LogP contribution in [0.4, 0.5) is 0 Å². The molecular weight excluding hydrogens is 407 g/mol. The molecule has 0 N–H and O–H groups in total. The molecule has 156 valence electrons. The Bertz CT molecular complexity index is 879. The van der Waals surface area contributed by atoms with Gasteiger partial charge in [0.25, 0.3) is 0 Å². The Labute approximate surface area is 175 Å². The van der Waals surface area contributed by atoms with Gasteiger partial charge in [0.15, 0.2) is 11.5 Å². The summed E-state index contributed by atoms with van der Waals surface area (Å²) in [7, 11) is -2.63. The van der Waals surface area contributed by atoms with E-state index in [0.717, 1.165) is 12.2 Å². The molecule has 30 heavy (non-hydrogen) atoms. The van der Waals surface area contributed by atoms with E-state index in [9.17, 15) is 14.2 Å². The van der Waals surface area contributed by atoms with Gasteiger partial charge >= 0.3 is 20.2 Å². The second-order valence-electron chi connectivity index (χ2n) is 6.05. The van der Waals surface area contributed by atoms with Crippen molar-refractivity contribution < 1.29 is 32.7 Å². The molecule has 0 aromatic heterocycles. The minimum atomic E-state index is -2.63. The molecule has 0 spiro atoms. The first kappa shape index (κ1) is 22.8. The molecular formula is C22H22O7P+. The Kier molecular flexibility index (Phi) is 8.32. The lowest BCUT2D eigenvalue weighted by molar-refractivity contribution is -0.143. The van der Waals surface area contributed by atoms with Crippen molar-refractivity contribution >= 4 is 20.2 Å². The number of hydrogen-bond acceptors (Lipinski definition) is 7. The monoisotopic (exact) mass is 429 g/mol. The summed E-state index contributed by atoms with van der Waals surface area (Å²) >= 11 is 0. The van der Waals surface area contributed by atoms with Gasteiger partial charge in [0.2, 0.25) is 0 Å². The van der Waals surface area contributed by atoms with Crippen LogP contribution in [0.25, 0.3) is 0 Å². The Morgan fingerprint density at radius 3 is 1.53 bits per heavy atom. The summed E-state index contributed by atoms with van der Waals surface area (Å²) in [4.78, 5) is 22.9. The summed E-state index contributed by atoms with van der Waals surface area (Å²) < 4.78 is 33.9. The molecule has 0 bridgehead atoms. The van der Waals surface area contributed by atoms with E-state index in [1.807, 2.05) is 0 Å². The summed E-state index contributed by atoms with van der Waals surface area (Å²) in [5.74, 6) is -0.692. The predicted octanol–water partition coefficient (Wildman–Crippen LogP) is 5.38. The number of carbonyl (C=O) groups excluding carboxylic acids is 2. The van der Waals surface area contributed by atoms with Crippen LogP contribution < -0.4 is 9.05 Å². The maximum atomic E-state index is 12.5. The average molecular weight is 429 g/mol. The molecule has 2 atom stereocenters. The van der Waals surface area contributed by atoms with E-state index in [1.54, 1.807) is 62.4 Å². The van der Waals surface area contributed by atoms with Gasteiger partial charge < -0.3 is 9.47 Å². The molecule has 0 saturated carbocycles. The normalized spacial score (nSPS) is 12.7. The summed E-state index contributed by atoms with van der Waals surface area (Å²) in [5, 5.41) is 0. The van der Waals surface area contributed by atoms with Gasteiger partial charge in [-0.15, -0.1) is 0 Å². The van der Waals surface area contributed by atoms with Crippen molar-refractivity contribution in [1.29, 1.82) is 0 Å². The predicted molar refractivity (Wildman–Crippen MR) is 111 cm³/mol. The molecule has 2 aromatic rings. The van der Waals surface area contributed by atoms with Crippen molar-refractivity contribution in [1.82, 2.24) is 0 Å². The number of rotatable bonds is 10. The topological polar surface area (TPSA) is 88.1 Å². The number of ether oxygens (including phenoxy) is 2. The third kappa shape index (κ3) is 6.29. The fourth-order valence-electron chi connectivity index (χ4n) is 2.55. The molecule has 0 aliphatic carbocycles. The number of hydrogen-bond donors (Lipinski definition) is 0. The summed E-state index contributed by atoms with van der Waals surface area (Å²) in [5.41, 5.74) is 1.03. The molecule has 2 unspecified atom stereocenters. The van der Waals surface area contributed by atoms with E-state index in [4.69, 9.17) is 18.5 Å². The highest BCUT2D eigenvalue weighted by atomic mass is 31.1. The molecule has 0 heterocycles. The zero-order valence-electron chi connectivity index (χ0n) is 16.6. The molecule has 7 nitrogen and oxygen atoms in total. The Morgan fingerprint density at radius 2 is 1.17 bits per heavy atom. The molecule has 0 aliphatic heterocycles. The number of carbonyl (C=O) groups is 2. The van der Waals surface area contributed by atoms with Crippen molar-refractivity contribution in [3.63, 3.8) is 0 Å². The van der Waals surface area contributed by atoms with Crippen LogP contribution in [0, 0.1) is 0 Å². The Balaban J connectivity index is 2.16. The number of para-hydroxylation sites is 2. The van der Waals surface area contributed by atoms with Gasteiger partial charge in [0, 0.05) is 27.8 Å². The van der Waals surface area contributed by atoms with Crippen molar-refractivity contribution in [3.05, 3.63) is 85.0 Å². The average Bonchev–Trinajstić information content (AvgIpc) is 2.74. The van der Waals surface area contributed by atoms with Gasteiger partial charge in [-0.3, -0.25) is 0 Å². The minimum absolute atomic E-state index is 0.242. The zero-order chi connectivity index (χ0) is 22.1. The van der Waals surface area contributed by atoms with Crippen molar-refractivity contribution in [3.8, 4) is 11.5 Å². The van der Waals surface area contributed by atoms with E-state index in [-0.39, 0.29) is 11.5 Å². The first-order chi connectivity index (χ1) is 14.3. The zero-order valence-corrected chi connectivity index (χ0v) is 17.5. The second kappa shape index (κ2) is 10.9. The van der Waals surface area contributed by atoms with Crippen molar-refractivity contribution in [2.45, 2.75) is 26.1 Å². The van der Waals surface area contributed by atoms with E-state index in [2.05, 4.69) is 13.2 Å². The van der Waals surface area contributed by atoms with Crippen molar-refractivity contribution in [2.75, 3.05) is 0 Å². The highest BCUT2D eigenvalue weighted by Crippen LogP contribution is 2.38. The number of esters is 2. The Hall–Kier alpha value is -3.44. The van der Waals surface area contributed by atoms with Crippen LogP contribution in [-0.2, 0) is 23.6 Å². The first-order valence-electron chi connectivity index (χ1n) is 9.02. The van der Waals surface area contributed by atoms with Gasteiger partial charge in [0.1, 0.15) is 12.2 Å². The Morgan fingerprint density at radius 1 is 0.800 bits per heavy atom. The molecule has 0 amide bonds. The molecule has 0 aliphatic rings. The van der Waals surface area contributed by atoms with Crippen LogP contribution in [-0.4, -0.2) is 11.9 Å². The largest absolute Gasteiger partial charge is 0.805 e. The van der Waals surface area contributed by atoms with Crippen LogP contribution >= 0.6 is 8.25 Å². The van der Waals surface area contributed by atoms with Crippen LogP contribution in [0.1, 0.15) is 37.2 Å². The quantitative estimate of drug-likeness (QED) is 0.284. The van der Waals surface area contributed by atoms with Gasteiger partial charge in [-0.25, -0.2) is 18.6 Å². The lowest BCUT2D eigenvalue weighted by Gasteiger charge is -2.14. The van der Waals surface area contributed by atoms with Gasteiger partial charge in [0.05, 0.1) is 0 Å². The fourth-order valence-corrected chi connectivity index (χ4v) is 3.24. The standard InChI is InChI=1S/C22H22O7P/c1-5-21(23)26-15(3)17-11-7-9-13-19(17)28-30(25)29-20-14-10-8-12-18(20)16(4)27-22(24)6-2/h5-16H,1-2H2,3-4H3/q+1. The fraction of sp³-hybridized carbons (Fsp3) is 0.182. The minimum Gasteiger partial charge on any atom is -0.454 e. The lowest BCUT2D eigenvalue weighted by Crippen LogP contribution is -2.08. The molecule has 2 rings (SSSR count).